The van der Waals surface area contributed by atoms with Crippen LogP contribution in [-0.2, 0) is 13.2 Å². The highest BCUT2D eigenvalue weighted by molar-refractivity contribution is 6.42. The van der Waals surface area contributed by atoms with Crippen LogP contribution in [0.5, 0.6) is 5.75 Å². The lowest BCUT2D eigenvalue weighted by molar-refractivity contribution is 0.0992. The maximum atomic E-state index is 14.0. The van der Waals surface area contributed by atoms with E-state index in [0.717, 1.165) is 0 Å². The van der Waals surface area contributed by atoms with E-state index < -0.39 is 5.91 Å². The van der Waals surface area contributed by atoms with Crippen LogP contribution >= 0.6 is 23.2 Å². The maximum absolute atomic E-state index is 14.0. The Morgan fingerprint density at radius 3 is 2.70 bits per heavy atom. The van der Waals surface area contributed by atoms with Gasteiger partial charge in [-0.1, -0.05) is 47.5 Å². The van der Waals surface area contributed by atoms with E-state index >= 15 is 0 Å². The molecule has 0 unspecified atom stereocenters. The van der Waals surface area contributed by atoms with Crippen LogP contribution in [0.4, 0.5) is 10.1 Å². The van der Waals surface area contributed by atoms with Gasteiger partial charge in [0, 0.05) is 5.56 Å². The lowest BCUT2D eigenvalue weighted by atomic mass is 10.2. The second-order valence-electron chi connectivity index (χ2n) is 7.36. The number of anilines is 1. The Balaban J connectivity index is 1.44. The summed E-state index contributed by atoms with van der Waals surface area (Å²) in [5, 5.41) is 7.96. The Kier molecular flexibility index (Phi) is 6.72. The number of nitrogens with one attached hydrogen (secondary N) is 1. The van der Waals surface area contributed by atoms with Gasteiger partial charge < -0.3 is 14.5 Å². The predicted molar refractivity (Wildman–Crippen MR) is 125 cm³/mol. The molecule has 0 saturated carbocycles. The molecule has 0 aliphatic rings. The summed E-state index contributed by atoms with van der Waals surface area (Å²) in [4.78, 5) is 12.7. The number of carbonyl (C=O) groups excluding carboxylic acids is 1. The number of benzene rings is 2. The van der Waals surface area contributed by atoms with Gasteiger partial charge in [-0.2, -0.15) is 5.10 Å². The van der Waals surface area contributed by atoms with Crippen LogP contribution in [0.3, 0.4) is 0 Å². The molecular weight excluding hydrogens is 468 g/mol. The van der Waals surface area contributed by atoms with Gasteiger partial charge in [-0.3, -0.25) is 9.48 Å². The lowest BCUT2D eigenvalue weighted by Gasteiger charge is -2.08. The molecule has 33 heavy (non-hydrogen) atoms. The fourth-order valence-electron chi connectivity index (χ4n) is 3.32. The number of halogens is 3. The predicted octanol–water partition coefficient (Wildman–Crippen LogP) is 6.42. The van der Waals surface area contributed by atoms with Crippen LogP contribution in [0.15, 0.2) is 59.0 Å². The van der Waals surface area contributed by atoms with E-state index in [4.69, 9.17) is 32.4 Å². The number of aromatic nitrogens is 2. The van der Waals surface area contributed by atoms with Gasteiger partial charge in [0.15, 0.2) is 5.76 Å². The van der Waals surface area contributed by atoms with Gasteiger partial charge in [-0.05, 0) is 44.2 Å². The highest BCUT2D eigenvalue weighted by atomic mass is 35.5. The van der Waals surface area contributed by atoms with Crippen molar-refractivity contribution >= 4 is 34.8 Å². The van der Waals surface area contributed by atoms with Crippen LogP contribution in [0.2, 0.25) is 10.0 Å². The van der Waals surface area contributed by atoms with Crippen molar-refractivity contribution < 1.29 is 18.3 Å². The summed E-state index contributed by atoms with van der Waals surface area (Å²) in [7, 11) is 0. The Morgan fingerprint density at radius 2 is 1.91 bits per heavy atom. The number of furan rings is 1. The fourth-order valence-corrected chi connectivity index (χ4v) is 3.66. The Morgan fingerprint density at radius 1 is 1.12 bits per heavy atom. The molecule has 2 aromatic carbocycles. The highest BCUT2D eigenvalue weighted by Gasteiger charge is 2.18. The molecule has 170 valence electrons. The zero-order valence-electron chi connectivity index (χ0n) is 17.9. The number of hydrogen-bond donors (Lipinski definition) is 1. The molecule has 9 heteroatoms. The van der Waals surface area contributed by atoms with Gasteiger partial charge in [0.05, 0.1) is 28.6 Å². The summed E-state index contributed by atoms with van der Waals surface area (Å²) in [6.45, 7) is 3.92. The van der Waals surface area contributed by atoms with Crippen molar-refractivity contribution in [3.8, 4) is 5.75 Å². The van der Waals surface area contributed by atoms with E-state index in [9.17, 15) is 9.18 Å². The van der Waals surface area contributed by atoms with Gasteiger partial charge in [0.1, 0.15) is 29.0 Å². The molecular formula is C24H20Cl2FN3O3. The molecule has 0 bridgehead atoms. The first-order chi connectivity index (χ1) is 15.8. The number of nitrogens with zero attached hydrogens (tertiary/aromatic N) is 2. The van der Waals surface area contributed by atoms with E-state index in [1.165, 1.54) is 6.07 Å². The standard InChI is InChI=1S/C24H20Cl2FN3O3/c1-14-23(15(2)30(29-14)12-16-6-3-4-8-19(16)27)28-24(31)21-11-10-17(33-21)13-32-20-9-5-7-18(25)22(20)26/h3-11H,12-13H2,1-2H3,(H,28,31). The van der Waals surface area contributed by atoms with Crippen LogP contribution in [-0.4, -0.2) is 15.7 Å². The third-order valence-corrected chi connectivity index (χ3v) is 5.87. The molecule has 1 N–H and O–H groups in total. The smallest absolute Gasteiger partial charge is 0.291 e. The second kappa shape index (κ2) is 9.68. The number of amides is 1. The minimum absolute atomic E-state index is 0.0754. The molecule has 0 atom stereocenters. The minimum Gasteiger partial charge on any atom is -0.484 e. The maximum Gasteiger partial charge on any atom is 0.291 e. The van der Waals surface area contributed by atoms with Crippen LogP contribution in [0.1, 0.15) is 33.3 Å². The molecule has 4 aromatic rings. The summed E-state index contributed by atoms with van der Waals surface area (Å²) in [5.41, 5.74) is 2.38. The van der Waals surface area contributed by atoms with Crippen molar-refractivity contribution in [3.63, 3.8) is 0 Å². The summed E-state index contributed by atoms with van der Waals surface area (Å²) in [5.74, 6) is 0.241. The van der Waals surface area contributed by atoms with Gasteiger partial charge >= 0.3 is 0 Å². The molecule has 0 spiro atoms. The lowest BCUT2D eigenvalue weighted by Crippen LogP contribution is -2.12. The zero-order chi connectivity index (χ0) is 23.5. The molecule has 6 nitrogen and oxygen atoms in total. The van der Waals surface area contributed by atoms with Crippen molar-refractivity contribution in [3.05, 3.63) is 98.9 Å². The van der Waals surface area contributed by atoms with Gasteiger partial charge in [-0.25, -0.2) is 4.39 Å². The number of hydrogen-bond acceptors (Lipinski definition) is 4. The Hall–Kier alpha value is -3.29. The van der Waals surface area contributed by atoms with E-state index in [2.05, 4.69) is 10.4 Å². The molecule has 1 amide bonds. The van der Waals surface area contributed by atoms with Crippen LogP contribution in [0.25, 0.3) is 0 Å². The Bertz CT molecular complexity index is 1320. The summed E-state index contributed by atoms with van der Waals surface area (Å²) >= 11 is 12.1. The largest absolute Gasteiger partial charge is 0.484 e. The van der Waals surface area contributed by atoms with E-state index in [-0.39, 0.29) is 24.7 Å². The molecule has 0 aliphatic carbocycles. The number of aryl methyl sites for hydroxylation is 1. The first-order valence-electron chi connectivity index (χ1n) is 10.1. The normalized spacial score (nSPS) is 10.9. The highest BCUT2D eigenvalue weighted by Crippen LogP contribution is 2.32. The molecule has 0 saturated heterocycles. The van der Waals surface area contributed by atoms with Crippen LogP contribution < -0.4 is 10.1 Å². The summed E-state index contributed by atoms with van der Waals surface area (Å²) < 4.78 is 26.9. The van der Waals surface area contributed by atoms with Crippen molar-refractivity contribution in [2.45, 2.75) is 27.0 Å². The third kappa shape index (κ3) is 5.05. The molecule has 2 aromatic heterocycles. The molecule has 4 rings (SSSR count). The third-order valence-electron chi connectivity index (χ3n) is 5.07. The van der Waals surface area contributed by atoms with E-state index in [1.54, 1.807) is 60.1 Å². The average molecular weight is 488 g/mol. The van der Waals surface area contributed by atoms with Gasteiger partial charge in [0.25, 0.3) is 5.91 Å². The SMILES string of the molecule is Cc1nn(Cc2ccccc2F)c(C)c1NC(=O)c1ccc(COc2cccc(Cl)c2Cl)o1. The number of ether oxygens (including phenoxy) is 1. The monoisotopic (exact) mass is 487 g/mol. The zero-order valence-corrected chi connectivity index (χ0v) is 19.4. The van der Waals surface area contributed by atoms with Crippen molar-refractivity contribution in [1.82, 2.24) is 9.78 Å². The van der Waals surface area contributed by atoms with Gasteiger partial charge in [-0.15, -0.1) is 0 Å². The molecule has 0 aliphatic heterocycles. The van der Waals surface area contributed by atoms with Crippen LogP contribution in [0, 0.1) is 19.7 Å². The van der Waals surface area contributed by atoms with E-state index in [0.29, 0.717) is 44.2 Å². The van der Waals surface area contributed by atoms with Crippen molar-refractivity contribution in [2.75, 3.05) is 5.32 Å². The van der Waals surface area contributed by atoms with E-state index in [1.807, 2.05) is 6.92 Å². The Labute approximate surface area is 199 Å². The summed E-state index contributed by atoms with van der Waals surface area (Å²) in [6, 6.07) is 14.8. The first-order valence-corrected chi connectivity index (χ1v) is 10.8. The molecule has 2 heterocycles. The number of carbonyl (C=O) groups is 1. The minimum atomic E-state index is -0.432. The molecule has 0 fully saturated rings. The van der Waals surface area contributed by atoms with Crippen molar-refractivity contribution in [2.24, 2.45) is 0 Å². The van der Waals surface area contributed by atoms with Crippen molar-refractivity contribution in [1.29, 1.82) is 0 Å². The quantitative estimate of drug-likeness (QED) is 0.326. The second-order valence-corrected chi connectivity index (χ2v) is 8.14. The van der Waals surface area contributed by atoms with Gasteiger partial charge in [0.2, 0.25) is 0 Å². The first kappa shape index (κ1) is 22.9. The number of rotatable bonds is 7. The average Bonchev–Trinajstić information content (AvgIpc) is 3.37. The fraction of sp³-hybridized carbons (Fsp3) is 0.167. The molecule has 0 radical (unpaired) electrons. The summed E-state index contributed by atoms with van der Waals surface area (Å²) in [6.07, 6.45) is 0. The topological polar surface area (TPSA) is 69.3 Å².